The second-order valence-corrected chi connectivity index (χ2v) is 4.63. The fourth-order valence-corrected chi connectivity index (χ4v) is 1.59. The first kappa shape index (κ1) is 17.0. The van der Waals surface area contributed by atoms with Gasteiger partial charge in [-0.05, 0) is 30.7 Å². The second kappa shape index (κ2) is 5.10. The number of rotatable bonds is 3. The summed E-state index contributed by atoms with van der Waals surface area (Å²) in [6, 6.07) is 3.95. The molecule has 11 heteroatoms. The van der Waals surface area contributed by atoms with Crippen LogP contribution in [0.1, 0.15) is 11.5 Å². The van der Waals surface area contributed by atoms with Crippen LogP contribution in [0, 0.1) is 6.92 Å². The second-order valence-electron chi connectivity index (χ2n) is 4.63. The lowest BCUT2D eigenvalue weighted by Gasteiger charge is -2.25. The van der Waals surface area contributed by atoms with E-state index in [0.29, 0.717) is 11.3 Å². The van der Waals surface area contributed by atoms with Crippen molar-refractivity contribution < 1.29 is 35.2 Å². The van der Waals surface area contributed by atoms with Crippen molar-refractivity contribution in [1.82, 2.24) is 10.2 Å². The third-order valence-electron chi connectivity index (χ3n) is 2.96. The zero-order valence-electron chi connectivity index (χ0n) is 11.3. The number of halogens is 7. The molecule has 0 bridgehead atoms. The first-order valence-corrected chi connectivity index (χ1v) is 5.91. The van der Waals surface area contributed by atoms with Gasteiger partial charge in [-0.1, -0.05) is 0 Å². The summed E-state index contributed by atoms with van der Waals surface area (Å²) in [5.41, 5.74) is 6.42. The number of nitrogen functional groups attached to an aromatic ring is 1. The van der Waals surface area contributed by atoms with Crippen molar-refractivity contribution in [2.45, 2.75) is 24.9 Å². The summed E-state index contributed by atoms with van der Waals surface area (Å²) in [5.74, 6) is -14.8. The molecule has 2 N–H and O–H groups in total. The highest BCUT2D eigenvalue weighted by molar-refractivity contribution is 5.60. The maximum absolute atomic E-state index is 13.4. The SMILES string of the molecule is Cc1cc(-c2nnc(C(F)(F)C(F)(F)C(F)(F)F)o2)ccc1N. The van der Waals surface area contributed by atoms with E-state index >= 15 is 0 Å². The van der Waals surface area contributed by atoms with Crippen LogP contribution in [-0.4, -0.2) is 22.3 Å². The van der Waals surface area contributed by atoms with E-state index in [1.807, 2.05) is 0 Å². The Balaban J connectivity index is 2.44. The molecular weight excluding hydrogens is 335 g/mol. The minimum Gasteiger partial charge on any atom is -0.415 e. The van der Waals surface area contributed by atoms with Gasteiger partial charge in [0.25, 0.3) is 5.89 Å². The molecule has 126 valence electrons. The molecule has 4 nitrogen and oxygen atoms in total. The van der Waals surface area contributed by atoms with Crippen molar-refractivity contribution in [2.75, 3.05) is 5.73 Å². The Bertz CT molecular complexity index is 724. The molecular formula is C12H8F7N3O. The smallest absolute Gasteiger partial charge is 0.415 e. The summed E-state index contributed by atoms with van der Waals surface area (Å²) in [6.07, 6.45) is -6.48. The molecule has 1 heterocycles. The van der Waals surface area contributed by atoms with Gasteiger partial charge >= 0.3 is 18.0 Å². The molecule has 1 aromatic heterocycles. The van der Waals surface area contributed by atoms with Crippen molar-refractivity contribution in [2.24, 2.45) is 0 Å². The highest BCUT2D eigenvalue weighted by Gasteiger charge is 2.76. The Hall–Kier alpha value is -2.33. The molecule has 0 radical (unpaired) electrons. The van der Waals surface area contributed by atoms with Crippen LogP contribution < -0.4 is 5.73 Å². The predicted molar refractivity (Wildman–Crippen MR) is 63.8 cm³/mol. The van der Waals surface area contributed by atoms with E-state index < -0.39 is 29.8 Å². The van der Waals surface area contributed by atoms with Gasteiger partial charge in [0.05, 0.1) is 0 Å². The number of nitrogens with two attached hydrogens (primary N) is 1. The molecule has 0 saturated carbocycles. The zero-order chi connectivity index (χ0) is 17.6. The summed E-state index contributed by atoms with van der Waals surface area (Å²) >= 11 is 0. The summed E-state index contributed by atoms with van der Waals surface area (Å²) in [4.78, 5) is 0. The molecule has 0 fully saturated rings. The summed E-state index contributed by atoms with van der Waals surface area (Å²) in [7, 11) is 0. The van der Waals surface area contributed by atoms with E-state index in [4.69, 9.17) is 5.73 Å². The largest absolute Gasteiger partial charge is 0.460 e. The molecule has 0 atom stereocenters. The van der Waals surface area contributed by atoms with Gasteiger partial charge in [0.1, 0.15) is 0 Å². The minimum absolute atomic E-state index is 0.0431. The van der Waals surface area contributed by atoms with Gasteiger partial charge in [0, 0.05) is 11.3 Å². The monoisotopic (exact) mass is 343 g/mol. The van der Waals surface area contributed by atoms with Crippen molar-refractivity contribution >= 4 is 5.69 Å². The Morgan fingerprint density at radius 2 is 1.61 bits per heavy atom. The standard InChI is InChI=1S/C12H8F7N3O/c1-5-4-6(2-3-7(5)20)8-21-22-9(23-8)10(13,14)11(15,16)12(17,18)19/h2-4H,20H2,1H3. The molecule has 23 heavy (non-hydrogen) atoms. The summed E-state index contributed by atoms with van der Waals surface area (Å²) in [5, 5.41) is 5.70. The number of benzene rings is 1. The van der Waals surface area contributed by atoms with Crippen molar-refractivity contribution in [1.29, 1.82) is 0 Å². The predicted octanol–water partition coefficient (Wildman–Crippen LogP) is 3.92. The third kappa shape index (κ3) is 2.70. The summed E-state index contributed by atoms with van der Waals surface area (Å²) in [6.45, 7) is 1.56. The topological polar surface area (TPSA) is 64.9 Å². The van der Waals surface area contributed by atoms with Crippen LogP contribution in [0.4, 0.5) is 36.4 Å². The van der Waals surface area contributed by atoms with Crippen LogP contribution in [0.25, 0.3) is 11.5 Å². The molecule has 0 saturated heterocycles. The number of nitrogens with zero attached hydrogens (tertiary/aromatic N) is 2. The molecule has 2 aromatic rings. The van der Waals surface area contributed by atoms with Crippen LogP contribution in [-0.2, 0) is 5.92 Å². The molecule has 0 aliphatic rings. The Labute approximate surface area is 124 Å². The normalized spacial score (nSPS) is 13.4. The molecule has 0 unspecified atom stereocenters. The van der Waals surface area contributed by atoms with E-state index in [9.17, 15) is 30.7 Å². The number of hydrogen-bond acceptors (Lipinski definition) is 4. The lowest BCUT2D eigenvalue weighted by molar-refractivity contribution is -0.364. The van der Waals surface area contributed by atoms with Gasteiger partial charge in [0.2, 0.25) is 5.89 Å². The average molecular weight is 343 g/mol. The Morgan fingerprint density at radius 3 is 2.13 bits per heavy atom. The van der Waals surface area contributed by atoms with Gasteiger partial charge in [-0.25, -0.2) is 0 Å². The van der Waals surface area contributed by atoms with E-state index in [2.05, 4.69) is 14.6 Å². The van der Waals surface area contributed by atoms with Crippen LogP contribution in [0.15, 0.2) is 22.6 Å². The maximum Gasteiger partial charge on any atom is 0.460 e. The third-order valence-corrected chi connectivity index (χ3v) is 2.96. The highest BCUT2D eigenvalue weighted by atomic mass is 19.4. The molecule has 0 aliphatic carbocycles. The maximum atomic E-state index is 13.4. The lowest BCUT2D eigenvalue weighted by Crippen LogP contribution is -2.50. The Kier molecular flexibility index (Phi) is 3.78. The van der Waals surface area contributed by atoms with Gasteiger partial charge in [-0.2, -0.15) is 30.7 Å². The summed E-state index contributed by atoms with van der Waals surface area (Å²) < 4.78 is 93.3. The van der Waals surface area contributed by atoms with Gasteiger partial charge < -0.3 is 10.2 Å². The zero-order valence-corrected chi connectivity index (χ0v) is 11.3. The first-order chi connectivity index (χ1) is 10.4. The molecule has 0 spiro atoms. The van der Waals surface area contributed by atoms with Crippen LogP contribution in [0.3, 0.4) is 0 Å². The minimum atomic E-state index is -6.48. The number of alkyl halides is 7. The average Bonchev–Trinajstić information content (AvgIpc) is 2.90. The molecule has 1 aromatic carbocycles. The van der Waals surface area contributed by atoms with Gasteiger partial charge in [-0.15, -0.1) is 10.2 Å². The number of hydrogen-bond donors (Lipinski definition) is 1. The highest BCUT2D eigenvalue weighted by Crippen LogP contribution is 2.51. The van der Waals surface area contributed by atoms with Crippen molar-refractivity contribution in [3.05, 3.63) is 29.7 Å². The quantitative estimate of drug-likeness (QED) is 0.678. The Morgan fingerprint density at radius 1 is 1.00 bits per heavy atom. The van der Waals surface area contributed by atoms with Crippen LogP contribution in [0.2, 0.25) is 0 Å². The van der Waals surface area contributed by atoms with E-state index in [0.717, 1.165) is 0 Å². The van der Waals surface area contributed by atoms with Crippen molar-refractivity contribution in [3.8, 4) is 11.5 Å². The molecule has 0 amide bonds. The number of aryl methyl sites for hydroxylation is 1. The van der Waals surface area contributed by atoms with Crippen LogP contribution >= 0.6 is 0 Å². The van der Waals surface area contributed by atoms with E-state index in [1.54, 1.807) is 6.92 Å². The van der Waals surface area contributed by atoms with Gasteiger partial charge in [-0.3, -0.25) is 0 Å². The van der Waals surface area contributed by atoms with E-state index in [1.165, 1.54) is 18.2 Å². The van der Waals surface area contributed by atoms with Crippen molar-refractivity contribution in [3.63, 3.8) is 0 Å². The fourth-order valence-electron chi connectivity index (χ4n) is 1.59. The van der Waals surface area contributed by atoms with Crippen LogP contribution in [0.5, 0.6) is 0 Å². The fraction of sp³-hybridized carbons (Fsp3) is 0.333. The molecule has 0 aliphatic heterocycles. The first-order valence-electron chi connectivity index (χ1n) is 5.91. The molecule has 2 rings (SSSR count). The lowest BCUT2D eigenvalue weighted by atomic mass is 10.1. The van der Waals surface area contributed by atoms with Gasteiger partial charge in [0.15, 0.2) is 0 Å². The number of aromatic nitrogens is 2. The van der Waals surface area contributed by atoms with E-state index in [-0.39, 0.29) is 5.56 Å². The number of anilines is 1.